The second-order valence-corrected chi connectivity index (χ2v) is 6.23. The molecular weight excluding hydrogens is 222 g/mol. The van der Waals surface area contributed by atoms with E-state index in [2.05, 4.69) is 57.3 Å². The number of rotatable bonds is 4. The summed E-state index contributed by atoms with van der Waals surface area (Å²) in [5.74, 6) is 1.56. The minimum Gasteiger partial charge on any atom is -0.490 e. The molecule has 0 amide bonds. The molecule has 18 heavy (non-hydrogen) atoms. The van der Waals surface area contributed by atoms with Crippen LogP contribution in [0.15, 0.2) is 24.3 Å². The normalized spacial score (nSPS) is 25.9. The molecule has 0 bridgehead atoms. The van der Waals surface area contributed by atoms with Crippen molar-refractivity contribution >= 4 is 0 Å². The summed E-state index contributed by atoms with van der Waals surface area (Å²) in [5.41, 5.74) is 1.55. The molecule has 0 aromatic heterocycles. The maximum Gasteiger partial charge on any atom is 0.120 e. The summed E-state index contributed by atoms with van der Waals surface area (Å²) in [6.07, 6.45) is 1.41. The molecule has 0 aliphatic heterocycles. The molecule has 100 valence electrons. The van der Waals surface area contributed by atoms with Crippen LogP contribution in [0.1, 0.15) is 45.6 Å². The number of ether oxygens (including phenoxy) is 1. The van der Waals surface area contributed by atoms with E-state index in [-0.39, 0.29) is 5.41 Å². The maximum absolute atomic E-state index is 6.15. The van der Waals surface area contributed by atoms with Crippen LogP contribution >= 0.6 is 0 Å². The minimum atomic E-state index is 0.211. The van der Waals surface area contributed by atoms with Gasteiger partial charge in [-0.3, -0.25) is 0 Å². The molecule has 0 heterocycles. The van der Waals surface area contributed by atoms with Crippen molar-refractivity contribution in [2.24, 2.45) is 5.41 Å². The van der Waals surface area contributed by atoms with Gasteiger partial charge in [0.05, 0.1) is 0 Å². The van der Waals surface area contributed by atoms with Crippen molar-refractivity contribution in [2.45, 2.75) is 52.2 Å². The Morgan fingerprint density at radius 3 is 2.61 bits per heavy atom. The summed E-state index contributed by atoms with van der Waals surface area (Å²) in [7, 11) is 2.03. The SMILES string of the molecule is CNC1CC(Oc2cccc(C(C)C)c2)C1(C)C. The Balaban J connectivity index is 2.05. The Morgan fingerprint density at radius 1 is 1.33 bits per heavy atom. The van der Waals surface area contributed by atoms with Crippen molar-refractivity contribution < 1.29 is 4.74 Å². The Bertz CT molecular complexity index is 411. The highest BCUT2D eigenvalue weighted by Crippen LogP contribution is 2.43. The van der Waals surface area contributed by atoms with Crippen LogP contribution in [-0.2, 0) is 0 Å². The summed E-state index contributed by atoms with van der Waals surface area (Å²) in [4.78, 5) is 0. The first-order valence-corrected chi connectivity index (χ1v) is 6.89. The van der Waals surface area contributed by atoms with Crippen LogP contribution in [0.4, 0.5) is 0 Å². The van der Waals surface area contributed by atoms with Crippen molar-refractivity contribution in [2.75, 3.05) is 7.05 Å². The Kier molecular flexibility index (Phi) is 3.67. The fraction of sp³-hybridized carbons (Fsp3) is 0.625. The van der Waals surface area contributed by atoms with Gasteiger partial charge in [0.1, 0.15) is 11.9 Å². The van der Waals surface area contributed by atoms with E-state index in [1.165, 1.54) is 5.56 Å². The van der Waals surface area contributed by atoms with E-state index in [4.69, 9.17) is 4.74 Å². The average molecular weight is 247 g/mol. The number of nitrogens with one attached hydrogen (secondary N) is 1. The third-order valence-corrected chi connectivity index (χ3v) is 4.33. The van der Waals surface area contributed by atoms with E-state index in [9.17, 15) is 0 Å². The van der Waals surface area contributed by atoms with Crippen LogP contribution in [0.5, 0.6) is 5.75 Å². The summed E-state index contributed by atoms with van der Waals surface area (Å²) < 4.78 is 6.15. The smallest absolute Gasteiger partial charge is 0.120 e. The Hall–Kier alpha value is -1.02. The molecule has 0 radical (unpaired) electrons. The van der Waals surface area contributed by atoms with Gasteiger partial charge in [-0.2, -0.15) is 0 Å². The Labute approximate surface area is 111 Å². The zero-order valence-electron chi connectivity index (χ0n) is 12.2. The quantitative estimate of drug-likeness (QED) is 0.878. The summed E-state index contributed by atoms with van der Waals surface area (Å²) >= 11 is 0. The highest BCUT2D eigenvalue weighted by atomic mass is 16.5. The molecule has 0 saturated heterocycles. The van der Waals surface area contributed by atoms with Crippen molar-refractivity contribution in [1.29, 1.82) is 0 Å². The molecular formula is C16H25NO. The van der Waals surface area contributed by atoms with E-state index >= 15 is 0 Å². The fourth-order valence-corrected chi connectivity index (χ4v) is 2.69. The molecule has 2 nitrogen and oxygen atoms in total. The average Bonchev–Trinajstić information content (AvgIpc) is 2.34. The monoisotopic (exact) mass is 247 g/mol. The first kappa shape index (κ1) is 13.4. The predicted molar refractivity (Wildman–Crippen MR) is 76.2 cm³/mol. The molecule has 2 unspecified atom stereocenters. The zero-order chi connectivity index (χ0) is 13.3. The molecule has 1 saturated carbocycles. The first-order chi connectivity index (χ1) is 8.45. The second kappa shape index (κ2) is 4.93. The molecule has 2 rings (SSSR count). The van der Waals surface area contributed by atoms with Gasteiger partial charge < -0.3 is 10.1 Å². The largest absolute Gasteiger partial charge is 0.490 e. The first-order valence-electron chi connectivity index (χ1n) is 6.89. The molecule has 2 heteroatoms. The van der Waals surface area contributed by atoms with Gasteiger partial charge in [0, 0.05) is 17.9 Å². The number of hydrogen-bond donors (Lipinski definition) is 1. The highest BCUT2D eigenvalue weighted by molar-refractivity contribution is 5.31. The summed E-state index contributed by atoms with van der Waals surface area (Å²) in [6, 6.07) is 9.06. The molecule has 1 N–H and O–H groups in total. The van der Waals surface area contributed by atoms with Crippen molar-refractivity contribution in [3.8, 4) is 5.75 Å². The van der Waals surface area contributed by atoms with Crippen molar-refractivity contribution in [1.82, 2.24) is 5.32 Å². The number of hydrogen-bond acceptors (Lipinski definition) is 2. The minimum absolute atomic E-state index is 0.211. The molecule has 1 aromatic rings. The van der Waals surface area contributed by atoms with Gasteiger partial charge in [-0.05, 0) is 30.7 Å². The Morgan fingerprint density at radius 2 is 2.06 bits per heavy atom. The zero-order valence-corrected chi connectivity index (χ0v) is 12.2. The molecule has 2 atom stereocenters. The number of benzene rings is 1. The van der Waals surface area contributed by atoms with Crippen molar-refractivity contribution in [3.63, 3.8) is 0 Å². The van der Waals surface area contributed by atoms with Crippen LogP contribution in [-0.4, -0.2) is 19.2 Å². The molecule has 1 aromatic carbocycles. The van der Waals surface area contributed by atoms with Crippen LogP contribution < -0.4 is 10.1 Å². The predicted octanol–water partition coefficient (Wildman–Crippen LogP) is 3.58. The van der Waals surface area contributed by atoms with Gasteiger partial charge in [-0.1, -0.05) is 39.8 Å². The molecule has 1 aliphatic carbocycles. The fourth-order valence-electron chi connectivity index (χ4n) is 2.69. The van der Waals surface area contributed by atoms with Crippen molar-refractivity contribution in [3.05, 3.63) is 29.8 Å². The standard InChI is InChI=1S/C16H25NO/c1-11(2)12-7-6-8-13(9-12)18-15-10-14(17-5)16(15,3)4/h6-9,11,14-15,17H,10H2,1-5H3. The van der Waals surface area contributed by atoms with Gasteiger partial charge in [0.25, 0.3) is 0 Å². The van der Waals surface area contributed by atoms with E-state index < -0.39 is 0 Å². The van der Waals surface area contributed by atoms with Gasteiger partial charge in [0.15, 0.2) is 0 Å². The van der Waals surface area contributed by atoms with Crippen LogP contribution in [0, 0.1) is 5.41 Å². The molecule has 1 aliphatic rings. The lowest BCUT2D eigenvalue weighted by atomic mass is 9.64. The van der Waals surface area contributed by atoms with E-state index in [0.29, 0.717) is 18.1 Å². The van der Waals surface area contributed by atoms with Gasteiger partial charge in [-0.25, -0.2) is 0 Å². The van der Waals surface area contributed by atoms with Crippen LogP contribution in [0.3, 0.4) is 0 Å². The maximum atomic E-state index is 6.15. The van der Waals surface area contributed by atoms with Crippen LogP contribution in [0.2, 0.25) is 0 Å². The lowest BCUT2D eigenvalue weighted by Crippen LogP contribution is -2.61. The van der Waals surface area contributed by atoms with Gasteiger partial charge in [0.2, 0.25) is 0 Å². The third-order valence-electron chi connectivity index (χ3n) is 4.33. The van der Waals surface area contributed by atoms with E-state index in [1.54, 1.807) is 0 Å². The molecule has 1 fully saturated rings. The molecule has 0 spiro atoms. The van der Waals surface area contributed by atoms with E-state index in [0.717, 1.165) is 12.2 Å². The summed E-state index contributed by atoms with van der Waals surface area (Å²) in [5, 5.41) is 3.36. The lowest BCUT2D eigenvalue weighted by Gasteiger charge is -2.51. The van der Waals surface area contributed by atoms with E-state index in [1.807, 2.05) is 7.05 Å². The van der Waals surface area contributed by atoms with Gasteiger partial charge >= 0.3 is 0 Å². The summed E-state index contributed by atoms with van der Waals surface area (Å²) in [6.45, 7) is 8.97. The lowest BCUT2D eigenvalue weighted by molar-refractivity contribution is -0.0521. The second-order valence-electron chi connectivity index (χ2n) is 6.23. The van der Waals surface area contributed by atoms with Gasteiger partial charge in [-0.15, -0.1) is 0 Å². The topological polar surface area (TPSA) is 21.3 Å². The third kappa shape index (κ3) is 2.39. The van der Waals surface area contributed by atoms with Crippen LogP contribution in [0.25, 0.3) is 0 Å². The highest BCUT2D eigenvalue weighted by Gasteiger charge is 2.49.